The van der Waals surface area contributed by atoms with Gasteiger partial charge < -0.3 is 9.30 Å². The molecule has 4 aromatic carbocycles. The molecule has 0 atom stereocenters. The molecule has 6 nitrogen and oxygen atoms in total. The number of fused-ring (bicyclic) bond motifs is 3. The third kappa shape index (κ3) is 6.98. The van der Waals surface area contributed by atoms with Crippen LogP contribution in [0.5, 0.6) is 11.5 Å². The van der Waals surface area contributed by atoms with E-state index in [-0.39, 0.29) is 31.9 Å². The third-order valence-electron chi connectivity index (χ3n) is 9.47. The fourth-order valence-electron chi connectivity index (χ4n) is 6.69. The van der Waals surface area contributed by atoms with Crippen molar-refractivity contribution in [1.82, 2.24) is 24.3 Å². The van der Waals surface area contributed by atoms with E-state index in [9.17, 15) is 0 Å². The average molecular weight is 869 g/mol. The molecule has 3 heterocycles. The Morgan fingerprint density at radius 1 is 0.692 bits per heavy atom. The van der Waals surface area contributed by atoms with E-state index in [1.165, 1.54) is 16.7 Å². The van der Waals surface area contributed by atoms with Crippen LogP contribution in [0.15, 0.2) is 91.1 Å². The second kappa shape index (κ2) is 14.1. The molecule has 7 aromatic rings. The molecule has 0 aliphatic rings. The zero-order chi connectivity index (χ0) is 36.2. The van der Waals surface area contributed by atoms with E-state index >= 15 is 0 Å². The molecule has 0 spiro atoms. The molecular weight excluding hydrogens is 822 g/mol. The van der Waals surface area contributed by atoms with Gasteiger partial charge in [-0.15, -0.1) is 35.7 Å². The van der Waals surface area contributed by atoms with Crippen LogP contribution in [0.4, 0.5) is 0 Å². The van der Waals surface area contributed by atoms with E-state index in [0.29, 0.717) is 23.3 Å². The number of nitrogens with zero attached hydrogens (tertiary/aromatic N) is 5. The second-order valence-corrected chi connectivity index (χ2v) is 16.1. The van der Waals surface area contributed by atoms with Crippen LogP contribution >= 0.6 is 0 Å². The summed E-state index contributed by atoms with van der Waals surface area (Å²) in [5.41, 5.74) is 7.34. The SMILES string of the molecule is CC(C)c1cccc(C(C)C)c1-c1nc(C(C)(C)C)nn1-c1[c-]c(Oc2[c-]c3c(cc2)c2ccccc2n3-c2cc(C(C)(C)C)ccn2)ccc1.[Pt+2]. The Labute approximate surface area is 322 Å². The first-order valence-corrected chi connectivity index (χ1v) is 17.9. The van der Waals surface area contributed by atoms with Crippen molar-refractivity contribution in [3.8, 4) is 34.4 Å². The molecule has 0 bridgehead atoms. The molecule has 0 N–H and O–H groups in total. The van der Waals surface area contributed by atoms with Crippen molar-refractivity contribution < 1.29 is 25.8 Å². The van der Waals surface area contributed by atoms with Crippen LogP contribution in [0.3, 0.4) is 0 Å². The largest absolute Gasteiger partial charge is 2.00 e. The number of hydrogen-bond donors (Lipinski definition) is 0. The number of aromatic nitrogens is 5. The van der Waals surface area contributed by atoms with Crippen LogP contribution in [-0.2, 0) is 31.9 Å². The quantitative estimate of drug-likeness (QED) is 0.150. The van der Waals surface area contributed by atoms with Gasteiger partial charge in [-0.1, -0.05) is 111 Å². The van der Waals surface area contributed by atoms with Gasteiger partial charge in [0.1, 0.15) is 5.82 Å². The molecule has 3 aromatic heterocycles. The molecule has 0 radical (unpaired) electrons. The summed E-state index contributed by atoms with van der Waals surface area (Å²) in [7, 11) is 0. The van der Waals surface area contributed by atoms with Crippen molar-refractivity contribution in [2.24, 2.45) is 0 Å². The smallest absolute Gasteiger partial charge is 0.509 e. The maximum absolute atomic E-state index is 6.55. The second-order valence-electron chi connectivity index (χ2n) is 16.1. The molecule has 0 fully saturated rings. The normalized spacial score (nSPS) is 12.2. The van der Waals surface area contributed by atoms with E-state index in [0.717, 1.165) is 50.5 Å². The first-order valence-electron chi connectivity index (χ1n) is 17.9. The summed E-state index contributed by atoms with van der Waals surface area (Å²) >= 11 is 0. The van der Waals surface area contributed by atoms with Gasteiger partial charge in [0.15, 0.2) is 11.6 Å². The van der Waals surface area contributed by atoms with Crippen molar-refractivity contribution in [2.75, 3.05) is 0 Å². The van der Waals surface area contributed by atoms with Crippen molar-refractivity contribution in [1.29, 1.82) is 0 Å². The molecule has 0 saturated heterocycles. The molecule has 0 unspecified atom stereocenters. The van der Waals surface area contributed by atoms with Crippen molar-refractivity contribution in [3.63, 3.8) is 0 Å². The zero-order valence-corrected chi connectivity index (χ0v) is 34.0. The van der Waals surface area contributed by atoms with Gasteiger partial charge in [-0.2, -0.15) is 17.2 Å². The van der Waals surface area contributed by atoms with Crippen LogP contribution in [0.1, 0.15) is 104 Å². The molecule has 0 amide bonds. The van der Waals surface area contributed by atoms with Gasteiger partial charge in [-0.05, 0) is 63.2 Å². The van der Waals surface area contributed by atoms with Crippen LogP contribution in [-0.4, -0.2) is 24.3 Å². The third-order valence-corrected chi connectivity index (χ3v) is 9.47. The predicted octanol–water partition coefficient (Wildman–Crippen LogP) is 11.7. The molecule has 7 heteroatoms. The average Bonchev–Trinajstić information content (AvgIpc) is 3.68. The summed E-state index contributed by atoms with van der Waals surface area (Å²) in [6.45, 7) is 22.1. The van der Waals surface area contributed by atoms with Crippen molar-refractivity contribution >= 4 is 21.8 Å². The van der Waals surface area contributed by atoms with Crippen LogP contribution in [0.2, 0.25) is 0 Å². The molecule has 0 aliphatic heterocycles. The van der Waals surface area contributed by atoms with Gasteiger partial charge in [0.05, 0.1) is 0 Å². The van der Waals surface area contributed by atoms with E-state index in [1.54, 1.807) is 0 Å². The number of para-hydroxylation sites is 1. The van der Waals surface area contributed by atoms with E-state index in [4.69, 9.17) is 19.8 Å². The number of benzene rings is 4. The van der Waals surface area contributed by atoms with Gasteiger partial charge >= 0.3 is 21.1 Å². The Bertz CT molecular complexity index is 2360. The molecular formula is C45H47N5OPt. The van der Waals surface area contributed by atoms with Crippen molar-refractivity contribution in [2.45, 2.75) is 91.9 Å². The van der Waals surface area contributed by atoms with Crippen LogP contribution < -0.4 is 4.74 Å². The molecule has 52 heavy (non-hydrogen) atoms. The maximum atomic E-state index is 6.55. The van der Waals surface area contributed by atoms with Crippen LogP contribution in [0.25, 0.3) is 44.7 Å². The van der Waals surface area contributed by atoms with E-state index in [2.05, 4.69) is 147 Å². The summed E-state index contributed by atoms with van der Waals surface area (Å²) in [4.78, 5) is 10.0. The summed E-state index contributed by atoms with van der Waals surface area (Å²) in [6, 6.07) is 36.4. The van der Waals surface area contributed by atoms with E-state index < -0.39 is 0 Å². The first kappa shape index (κ1) is 37.2. The molecule has 0 saturated carbocycles. The Hall–Kier alpha value is -4.54. The Kier molecular flexibility index (Phi) is 10.1. The van der Waals surface area contributed by atoms with Crippen LogP contribution in [0, 0.1) is 12.1 Å². The first-order chi connectivity index (χ1) is 24.2. The number of ether oxygens (including phenoxy) is 1. The summed E-state index contributed by atoms with van der Waals surface area (Å²) < 4.78 is 10.7. The minimum atomic E-state index is -0.247. The topological polar surface area (TPSA) is 57.8 Å². The molecule has 0 aliphatic carbocycles. The zero-order valence-electron chi connectivity index (χ0n) is 31.8. The number of rotatable bonds is 7. The summed E-state index contributed by atoms with van der Waals surface area (Å²) in [6.07, 6.45) is 1.89. The fourth-order valence-corrected chi connectivity index (χ4v) is 6.69. The van der Waals surface area contributed by atoms with Crippen molar-refractivity contribution in [3.05, 3.63) is 126 Å². The Morgan fingerprint density at radius 3 is 2.04 bits per heavy atom. The monoisotopic (exact) mass is 868 g/mol. The summed E-state index contributed by atoms with van der Waals surface area (Å²) in [5.74, 6) is 4.24. The predicted molar refractivity (Wildman–Crippen MR) is 209 cm³/mol. The fraction of sp³-hybridized carbons (Fsp3) is 0.311. The Morgan fingerprint density at radius 2 is 1.37 bits per heavy atom. The molecule has 7 rings (SSSR count). The van der Waals surface area contributed by atoms with Gasteiger partial charge in [-0.25, -0.2) is 14.6 Å². The maximum Gasteiger partial charge on any atom is 2.00 e. The standard InChI is InChI=1S/C45H47N5O.Pt/c1-28(2)34-18-14-19-35(29(3)4)41(34)42-47-43(45(8,9)10)48-50(42)31-15-13-16-32(26-31)51-33-21-22-37-36-17-11-12-20-38(36)49(39(37)27-33)40-25-30(23-24-46-40)44(5,6)7;/h11-25,28-29H,1-10H3;/q-2;+2. The van der Waals surface area contributed by atoms with Gasteiger partial charge in [0.2, 0.25) is 0 Å². The summed E-state index contributed by atoms with van der Waals surface area (Å²) in [5, 5.41) is 7.34. The minimum absolute atomic E-state index is 0. The van der Waals surface area contributed by atoms with Gasteiger partial charge in [0.25, 0.3) is 0 Å². The van der Waals surface area contributed by atoms with E-state index in [1.807, 2.05) is 35.1 Å². The number of pyridine rings is 1. The Balaban J connectivity index is 0.00000464. The number of hydrogen-bond acceptors (Lipinski definition) is 4. The van der Waals surface area contributed by atoms with Gasteiger partial charge in [0, 0.05) is 34.2 Å². The molecule has 268 valence electrons. The van der Waals surface area contributed by atoms with Gasteiger partial charge in [-0.3, -0.25) is 0 Å². The minimum Gasteiger partial charge on any atom is -0.509 e.